The van der Waals surface area contributed by atoms with Gasteiger partial charge in [0.25, 0.3) is 0 Å². The van der Waals surface area contributed by atoms with E-state index in [0.717, 1.165) is 23.0 Å². The largest absolute Gasteiger partial charge is 0.383 e. The molecular formula is C16H18ClNS. The summed E-state index contributed by atoms with van der Waals surface area (Å²) in [5.41, 5.74) is 3.70. The first-order chi connectivity index (χ1) is 9.16. The van der Waals surface area contributed by atoms with Crippen LogP contribution in [0.15, 0.2) is 47.4 Å². The van der Waals surface area contributed by atoms with Gasteiger partial charge in [0.05, 0.1) is 10.7 Å². The summed E-state index contributed by atoms with van der Waals surface area (Å²) in [5.74, 6) is 1.02. The second-order valence-electron chi connectivity index (χ2n) is 4.50. The quantitative estimate of drug-likeness (QED) is 0.603. The van der Waals surface area contributed by atoms with Gasteiger partial charge in [0, 0.05) is 17.2 Å². The zero-order valence-corrected chi connectivity index (χ0v) is 12.8. The first-order valence-corrected chi connectivity index (χ1v) is 7.71. The van der Waals surface area contributed by atoms with Crippen LogP contribution in [0.4, 0.5) is 5.69 Å². The molecule has 0 fully saturated rings. The van der Waals surface area contributed by atoms with E-state index in [0.29, 0.717) is 0 Å². The number of aryl methyl sites for hydroxylation is 2. The Hall–Kier alpha value is -1.12. The first-order valence-electron chi connectivity index (χ1n) is 6.35. The van der Waals surface area contributed by atoms with Gasteiger partial charge in [-0.3, -0.25) is 0 Å². The van der Waals surface area contributed by atoms with Crippen molar-refractivity contribution in [1.29, 1.82) is 0 Å². The lowest BCUT2D eigenvalue weighted by Gasteiger charge is -2.08. The minimum Gasteiger partial charge on any atom is -0.383 e. The van der Waals surface area contributed by atoms with E-state index in [1.165, 1.54) is 16.0 Å². The SMILES string of the molecule is Cc1ccc(SCCNc2ccccc2Cl)cc1C. The lowest BCUT2D eigenvalue weighted by atomic mass is 10.1. The predicted molar refractivity (Wildman–Crippen MR) is 86.6 cm³/mol. The molecule has 1 nitrogen and oxygen atoms in total. The second-order valence-corrected chi connectivity index (χ2v) is 6.08. The molecule has 0 spiro atoms. The minimum absolute atomic E-state index is 0.777. The van der Waals surface area contributed by atoms with E-state index in [1.807, 2.05) is 36.0 Å². The molecule has 0 unspecified atom stereocenters. The highest BCUT2D eigenvalue weighted by atomic mass is 35.5. The van der Waals surface area contributed by atoms with Crippen molar-refractivity contribution in [1.82, 2.24) is 0 Å². The van der Waals surface area contributed by atoms with E-state index in [2.05, 4.69) is 37.4 Å². The van der Waals surface area contributed by atoms with Crippen molar-refractivity contribution in [3.05, 3.63) is 58.6 Å². The van der Waals surface area contributed by atoms with Gasteiger partial charge >= 0.3 is 0 Å². The fourth-order valence-electron chi connectivity index (χ4n) is 1.76. The van der Waals surface area contributed by atoms with Crippen molar-refractivity contribution < 1.29 is 0 Å². The molecular weight excluding hydrogens is 274 g/mol. The average Bonchev–Trinajstić information content (AvgIpc) is 2.40. The fourth-order valence-corrected chi connectivity index (χ4v) is 2.83. The first kappa shape index (κ1) is 14.3. The Kier molecular flexibility index (Phi) is 5.17. The Morgan fingerprint density at radius 1 is 1.05 bits per heavy atom. The molecule has 0 saturated carbocycles. The van der Waals surface area contributed by atoms with Crippen LogP contribution in [0, 0.1) is 13.8 Å². The Morgan fingerprint density at radius 3 is 2.58 bits per heavy atom. The number of para-hydroxylation sites is 1. The van der Waals surface area contributed by atoms with Crippen molar-refractivity contribution in [2.45, 2.75) is 18.7 Å². The Labute approximate surface area is 124 Å². The lowest BCUT2D eigenvalue weighted by Crippen LogP contribution is -2.04. The third-order valence-electron chi connectivity index (χ3n) is 3.04. The van der Waals surface area contributed by atoms with Gasteiger partial charge in [0.1, 0.15) is 0 Å². The smallest absolute Gasteiger partial charge is 0.0637 e. The highest BCUT2D eigenvalue weighted by Crippen LogP contribution is 2.23. The van der Waals surface area contributed by atoms with E-state index in [1.54, 1.807) is 0 Å². The number of hydrogen-bond donors (Lipinski definition) is 1. The van der Waals surface area contributed by atoms with E-state index in [-0.39, 0.29) is 0 Å². The summed E-state index contributed by atoms with van der Waals surface area (Å²) in [7, 11) is 0. The summed E-state index contributed by atoms with van der Waals surface area (Å²) in [6, 6.07) is 14.4. The van der Waals surface area contributed by atoms with Crippen molar-refractivity contribution in [3.63, 3.8) is 0 Å². The third kappa shape index (κ3) is 4.19. The van der Waals surface area contributed by atoms with Crippen LogP contribution in [0.2, 0.25) is 5.02 Å². The van der Waals surface area contributed by atoms with Gasteiger partial charge < -0.3 is 5.32 Å². The fraction of sp³-hybridized carbons (Fsp3) is 0.250. The molecule has 2 rings (SSSR count). The molecule has 0 saturated heterocycles. The number of benzene rings is 2. The number of hydrogen-bond acceptors (Lipinski definition) is 2. The molecule has 0 aromatic heterocycles. The second kappa shape index (κ2) is 6.88. The maximum atomic E-state index is 6.09. The molecule has 100 valence electrons. The number of anilines is 1. The Bertz CT molecular complexity index is 554. The maximum Gasteiger partial charge on any atom is 0.0637 e. The molecule has 0 aliphatic carbocycles. The van der Waals surface area contributed by atoms with Crippen LogP contribution in [0.5, 0.6) is 0 Å². The van der Waals surface area contributed by atoms with Gasteiger partial charge in [-0.25, -0.2) is 0 Å². The molecule has 0 amide bonds. The molecule has 0 heterocycles. The number of halogens is 1. The van der Waals surface area contributed by atoms with Crippen molar-refractivity contribution in [2.24, 2.45) is 0 Å². The highest BCUT2D eigenvalue weighted by Gasteiger charge is 1.99. The molecule has 0 aliphatic rings. The zero-order valence-electron chi connectivity index (χ0n) is 11.2. The molecule has 2 aromatic carbocycles. The van der Waals surface area contributed by atoms with Crippen molar-refractivity contribution in [2.75, 3.05) is 17.6 Å². The van der Waals surface area contributed by atoms with Crippen LogP contribution >= 0.6 is 23.4 Å². The predicted octanol–water partition coefficient (Wildman–Crippen LogP) is 5.16. The normalized spacial score (nSPS) is 10.5. The molecule has 0 bridgehead atoms. The van der Waals surface area contributed by atoms with Crippen LogP contribution in [0.25, 0.3) is 0 Å². The zero-order chi connectivity index (χ0) is 13.7. The van der Waals surface area contributed by atoms with E-state index < -0.39 is 0 Å². The topological polar surface area (TPSA) is 12.0 Å². The van der Waals surface area contributed by atoms with Crippen LogP contribution in [-0.4, -0.2) is 12.3 Å². The van der Waals surface area contributed by atoms with Crippen LogP contribution < -0.4 is 5.32 Å². The standard InChI is InChI=1S/C16H18ClNS/c1-12-7-8-14(11-13(12)2)19-10-9-18-16-6-4-3-5-15(16)17/h3-8,11,18H,9-10H2,1-2H3. The number of rotatable bonds is 5. The summed E-state index contributed by atoms with van der Waals surface area (Å²) in [6.45, 7) is 5.20. The Morgan fingerprint density at radius 2 is 1.84 bits per heavy atom. The van der Waals surface area contributed by atoms with Crippen molar-refractivity contribution >= 4 is 29.1 Å². The molecule has 0 atom stereocenters. The van der Waals surface area contributed by atoms with Crippen LogP contribution in [0.1, 0.15) is 11.1 Å². The molecule has 2 aromatic rings. The van der Waals surface area contributed by atoms with E-state index in [9.17, 15) is 0 Å². The van der Waals surface area contributed by atoms with Gasteiger partial charge in [-0.15, -0.1) is 11.8 Å². The number of nitrogens with one attached hydrogen (secondary N) is 1. The summed E-state index contributed by atoms with van der Waals surface area (Å²) in [6.07, 6.45) is 0. The molecule has 3 heteroatoms. The van der Waals surface area contributed by atoms with Gasteiger partial charge in [-0.2, -0.15) is 0 Å². The third-order valence-corrected chi connectivity index (χ3v) is 4.36. The van der Waals surface area contributed by atoms with E-state index >= 15 is 0 Å². The average molecular weight is 292 g/mol. The Balaban J connectivity index is 1.81. The molecule has 0 aliphatic heterocycles. The molecule has 0 radical (unpaired) electrons. The monoisotopic (exact) mass is 291 g/mol. The lowest BCUT2D eigenvalue weighted by molar-refractivity contribution is 1.22. The van der Waals surface area contributed by atoms with E-state index in [4.69, 9.17) is 11.6 Å². The molecule has 1 N–H and O–H groups in total. The summed E-state index contributed by atoms with van der Waals surface area (Å²) in [5, 5.41) is 4.13. The van der Waals surface area contributed by atoms with Gasteiger partial charge in [0.15, 0.2) is 0 Å². The van der Waals surface area contributed by atoms with Crippen molar-refractivity contribution in [3.8, 4) is 0 Å². The summed E-state index contributed by atoms with van der Waals surface area (Å²) >= 11 is 7.95. The molecule has 19 heavy (non-hydrogen) atoms. The summed E-state index contributed by atoms with van der Waals surface area (Å²) < 4.78 is 0. The number of thioether (sulfide) groups is 1. The van der Waals surface area contributed by atoms with Crippen LogP contribution in [-0.2, 0) is 0 Å². The van der Waals surface area contributed by atoms with Gasteiger partial charge in [-0.1, -0.05) is 29.8 Å². The van der Waals surface area contributed by atoms with Gasteiger partial charge in [-0.05, 0) is 49.2 Å². The van der Waals surface area contributed by atoms with Gasteiger partial charge in [0.2, 0.25) is 0 Å². The maximum absolute atomic E-state index is 6.09. The summed E-state index contributed by atoms with van der Waals surface area (Å²) in [4.78, 5) is 1.32. The minimum atomic E-state index is 0.777. The highest BCUT2D eigenvalue weighted by molar-refractivity contribution is 7.99. The van der Waals surface area contributed by atoms with Crippen LogP contribution in [0.3, 0.4) is 0 Å².